The third kappa shape index (κ3) is 2.65. The minimum absolute atomic E-state index is 0.122. The number of carbonyl (C=O) groups is 1. The number of rotatable bonds is 2. The van der Waals surface area contributed by atoms with Gasteiger partial charge in [0.05, 0.1) is 5.39 Å². The Morgan fingerprint density at radius 1 is 1.33 bits per heavy atom. The van der Waals surface area contributed by atoms with Crippen molar-refractivity contribution in [2.45, 2.75) is 20.3 Å². The van der Waals surface area contributed by atoms with Crippen molar-refractivity contribution in [3.8, 4) is 0 Å². The molecule has 1 saturated heterocycles. The van der Waals surface area contributed by atoms with Gasteiger partial charge in [0.25, 0.3) is 0 Å². The summed E-state index contributed by atoms with van der Waals surface area (Å²) in [6, 6.07) is 2.08. The molecule has 7 heteroatoms. The maximum Gasteiger partial charge on any atom is 0.228 e. The number of thiophene rings is 1. The van der Waals surface area contributed by atoms with Crippen LogP contribution in [0.3, 0.4) is 0 Å². The number of hydrogen-bond donors (Lipinski definition) is 1. The summed E-state index contributed by atoms with van der Waals surface area (Å²) < 4.78 is 0. The lowest BCUT2D eigenvalue weighted by Gasteiger charge is -2.34. The molecule has 6 nitrogen and oxygen atoms in total. The number of anilines is 2. The molecule has 112 valence electrons. The number of aromatic nitrogens is 2. The molecule has 2 N–H and O–H groups in total. The first-order valence-electron chi connectivity index (χ1n) is 7.15. The van der Waals surface area contributed by atoms with Gasteiger partial charge in [0.2, 0.25) is 11.9 Å². The highest BCUT2D eigenvalue weighted by atomic mass is 32.1. The van der Waals surface area contributed by atoms with E-state index in [2.05, 4.69) is 27.9 Å². The summed E-state index contributed by atoms with van der Waals surface area (Å²) in [6.45, 7) is 6.64. The molecule has 21 heavy (non-hydrogen) atoms. The summed E-state index contributed by atoms with van der Waals surface area (Å²) in [5.41, 5.74) is 6.07. The molecule has 0 atom stereocenters. The summed E-state index contributed by atoms with van der Waals surface area (Å²) >= 11 is 1.67. The fourth-order valence-corrected chi connectivity index (χ4v) is 3.49. The topological polar surface area (TPSA) is 75.3 Å². The van der Waals surface area contributed by atoms with Crippen molar-refractivity contribution < 1.29 is 4.79 Å². The number of fused-ring (bicyclic) bond motifs is 1. The zero-order chi connectivity index (χ0) is 15.0. The number of nitrogen functional groups attached to an aromatic ring is 1. The quantitative estimate of drug-likeness (QED) is 0.910. The van der Waals surface area contributed by atoms with Crippen molar-refractivity contribution in [2.24, 2.45) is 0 Å². The zero-order valence-corrected chi connectivity index (χ0v) is 13.1. The monoisotopic (exact) mass is 305 g/mol. The number of amides is 1. The van der Waals surface area contributed by atoms with Gasteiger partial charge in [-0.25, -0.2) is 4.98 Å². The predicted octanol–water partition coefficient (Wildman–Crippen LogP) is 1.50. The molecule has 2 aromatic heterocycles. The van der Waals surface area contributed by atoms with Crippen molar-refractivity contribution in [1.82, 2.24) is 14.9 Å². The highest BCUT2D eigenvalue weighted by molar-refractivity contribution is 7.18. The van der Waals surface area contributed by atoms with Crippen molar-refractivity contribution in [3.05, 3.63) is 10.9 Å². The van der Waals surface area contributed by atoms with Crippen LogP contribution < -0.4 is 10.6 Å². The summed E-state index contributed by atoms with van der Waals surface area (Å²) in [6.07, 6.45) is 0.979. The first kappa shape index (κ1) is 14.1. The summed E-state index contributed by atoms with van der Waals surface area (Å²) in [4.78, 5) is 26.6. The molecule has 2 aromatic rings. The molecule has 0 aromatic carbocycles. The normalized spacial score (nSPS) is 15.7. The SMILES string of the molecule is CCc1cc2c(N)nc(N3CCN(C(C)=O)CC3)nc2s1. The van der Waals surface area contributed by atoms with E-state index in [1.165, 1.54) is 4.88 Å². The molecule has 1 amide bonds. The van der Waals surface area contributed by atoms with E-state index >= 15 is 0 Å². The van der Waals surface area contributed by atoms with Gasteiger partial charge in [-0.2, -0.15) is 4.98 Å². The second-order valence-corrected chi connectivity index (χ2v) is 6.30. The molecular formula is C14H19N5OS. The van der Waals surface area contributed by atoms with Gasteiger partial charge in [-0.05, 0) is 12.5 Å². The van der Waals surface area contributed by atoms with E-state index in [1.54, 1.807) is 18.3 Å². The second-order valence-electron chi connectivity index (χ2n) is 5.19. The van der Waals surface area contributed by atoms with Crippen LogP contribution in [0.15, 0.2) is 6.07 Å². The Kier molecular flexibility index (Phi) is 3.67. The molecular weight excluding hydrogens is 286 g/mol. The van der Waals surface area contributed by atoms with Gasteiger partial charge < -0.3 is 15.5 Å². The van der Waals surface area contributed by atoms with Gasteiger partial charge in [0, 0.05) is 38.0 Å². The fourth-order valence-electron chi connectivity index (χ4n) is 2.52. The number of piperazine rings is 1. The number of carbonyl (C=O) groups excluding carboxylic acids is 1. The van der Waals surface area contributed by atoms with E-state index in [1.807, 2.05) is 4.90 Å². The van der Waals surface area contributed by atoms with Crippen LogP contribution in [0.2, 0.25) is 0 Å². The van der Waals surface area contributed by atoms with Crippen LogP contribution in [-0.2, 0) is 11.2 Å². The first-order chi connectivity index (χ1) is 10.1. The Morgan fingerprint density at radius 3 is 2.67 bits per heavy atom. The summed E-state index contributed by atoms with van der Waals surface area (Å²) in [5.74, 6) is 1.34. The van der Waals surface area contributed by atoms with Crippen LogP contribution in [0, 0.1) is 0 Å². The lowest BCUT2D eigenvalue weighted by Crippen LogP contribution is -2.48. The highest BCUT2D eigenvalue weighted by Gasteiger charge is 2.21. The highest BCUT2D eigenvalue weighted by Crippen LogP contribution is 2.29. The van der Waals surface area contributed by atoms with E-state index in [0.717, 1.165) is 29.7 Å². The minimum Gasteiger partial charge on any atom is -0.383 e. The largest absolute Gasteiger partial charge is 0.383 e. The molecule has 0 aliphatic carbocycles. The first-order valence-corrected chi connectivity index (χ1v) is 7.96. The second kappa shape index (κ2) is 5.48. The van der Waals surface area contributed by atoms with Gasteiger partial charge in [0.1, 0.15) is 10.6 Å². The van der Waals surface area contributed by atoms with Gasteiger partial charge in [-0.15, -0.1) is 11.3 Å². The molecule has 3 heterocycles. The van der Waals surface area contributed by atoms with Crippen LogP contribution in [0.4, 0.5) is 11.8 Å². The third-order valence-corrected chi connectivity index (χ3v) is 4.99. The lowest BCUT2D eigenvalue weighted by atomic mass is 10.3. The van der Waals surface area contributed by atoms with Gasteiger partial charge in [-0.3, -0.25) is 4.79 Å². The van der Waals surface area contributed by atoms with Crippen LogP contribution in [0.25, 0.3) is 10.2 Å². The number of aryl methyl sites for hydroxylation is 1. The number of hydrogen-bond acceptors (Lipinski definition) is 6. The number of nitrogens with zero attached hydrogens (tertiary/aromatic N) is 4. The van der Waals surface area contributed by atoms with Crippen LogP contribution in [-0.4, -0.2) is 47.0 Å². The van der Waals surface area contributed by atoms with Crippen LogP contribution >= 0.6 is 11.3 Å². The Morgan fingerprint density at radius 2 is 2.05 bits per heavy atom. The molecule has 0 radical (unpaired) electrons. The summed E-state index contributed by atoms with van der Waals surface area (Å²) in [7, 11) is 0. The number of nitrogens with two attached hydrogens (primary N) is 1. The molecule has 3 rings (SSSR count). The smallest absolute Gasteiger partial charge is 0.228 e. The van der Waals surface area contributed by atoms with E-state index in [0.29, 0.717) is 24.9 Å². The lowest BCUT2D eigenvalue weighted by molar-refractivity contribution is -0.129. The molecule has 0 unspecified atom stereocenters. The van der Waals surface area contributed by atoms with E-state index < -0.39 is 0 Å². The van der Waals surface area contributed by atoms with Gasteiger partial charge >= 0.3 is 0 Å². The van der Waals surface area contributed by atoms with Gasteiger partial charge in [-0.1, -0.05) is 6.92 Å². The van der Waals surface area contributed by atoms with Crippen molar-refractivity contribution in [2.75, 3.05) is 36.8 Å². The molecule has 0 bridgehead atoms. The third-order valence-electron chi connectivity index (χ3n) is 3.82. The maximum absolute atomic E-state index is 11.4. The maximum atomic E-state index is 11.4. The molecule has 1 aliphatic rings. The van der Waals surface area contributed by atoms with Crippen LogP contribution in [0.1, 0.15) is 18.7 Å². The van der Waals surface area contributed by atoms with Crippen molar-refractivity contribution in [3.63, 3.8) is 0 Å². The molecule has 0 spiro atoms. The average molecular weight is 305 g/mol. The van der Waals surface area contributed by atoms with E-state index in [-0.39, 0.29) is 5.91 Å². The Hall–Kier alpha value is -1.89. The van der Waals surface area contributed by atoms with E-state index in [9.17, 15) is 4.79 Å². The Labute approximate surface area is 127 Å². The molecule has 1 fully saturated rings. The van der Waals surface area contributed by atoms with Gasteiger partial charge in [0.15, 0.2) is 0 Å². The predicted molar refractivity (Wildman–Crippen MR) is 85.7 cm³/mol. The molecule has 0 saturated carbocycles. The van der Waals surface area contributed by atoms with Crippen molar-refractivity contribution in [1.29, 1.82) is 0 Å². The zero-order valence-electron chi connectivity index (χ0n) is 12.3. The standard InChI is InChI=1S/C14H19N5OS/c1-3-10-8-11-12(15)16-14(17-13(11)21-10)19-6-4-18(5-7-19)9(2)20/h8H,3-7H2,1-2H3,(H2,15,16,17). The Bertz CT molecular complexity index is 675. The van der Waals surface area contributed by atoms with Crippen molar-refractivity contribution >= 4 is 39.2 Å². The minimum atomic E-state index is 0.122. The average Bonchev–Trinajstić information content (AvgIpc) is 2.91. The Balaban J connectivity index is 1.86. The fraction of sp³-hybridized carbons (Fsp3) is 0.500. The summed E-state index contributed by atoms with van der Waals surface area (Å²) in [5, 5.41) is 0.947. The molecule has 1 aliphatic heterocycles. The van der Waals surface area contributed by atoms with E-state index in [4.69, 9.17) is 5.73 Å². The van der Waals surface area contributed by atoms with Crippen LogP contribution in [0.5, 0.6) is 0 Å².